The van der Waals surface area contributed by atoms with E-state index in [9.17, 15) is 0 Å². The number of nitrogens with zero attached hydrogens (tertiary/aromatic N) is 1. The van der Waals surface area contributed by atoms with Crippen molar-refractivity contribution in [3.8, 4) is 0 Å². The molecule has 0 unspecified atom stereocenters. The van der Waals surface area contributed by atoms with Crippen LogP contribution in [0.3, 0.4) is 0 Å². The molecule has 0 aliphatic heterocycles. The van der Waals surface area contributed by atoms with Crippen LogP contribution in [-0.2, 0) is 5.54 Å². The Morgan fingerprint density at radius 2 is 1.75 bits per heavy atom. The Bertz CT molecular complexity index is 293. The summed E-state index contributed by atoms with van der Waals surface area (Å²) in [6.07, 6.45) is 2.24. The third-order valence-corrected chi connectivity index (χ3v) is 2.45. The van der Waals surface area contributed by atoms with Gasteiger partial charge < -0.3 is 5.73 Å². The van der Waals surface area contributed by atoms with E-state index in [1.165, 1.54) is 5.56 Å². The Balaban J connectivity index is 2.44. The molecule has 1 saturated carbocycles. The number of hydrogen-bond acceptors (Lipinski definition) is 2. The van der Waals surface area contributed by atoms with Gasteiger partial charge in [-0.1, -0.05) is 0 Å². The molecule has 0 atom stereocenters. The Morgan fingerprint density at radius 1 is 1.25 bits per heavy atom. The van der Waals surface area contributed by atoms with Crippen LogP contribution in [0, 0.1) is 13.8 Å². The first-order chi connectivity index (χ1) is 5.60. The summed E-state index contributed by atoms with van der Waals surface area (Å²) in [7, 11) is 0. The lowest BCUT2D eigenvalue weighted by Crippen LogP contribution is -2.19. The molecule has 1 aliphatic rings. The summed E-state index contributed by atoms with van der Waals surface area (Å²) in [6.45, 7) is 4.03. The second-order valence-corrected chi connectivity index (χ2v) is 3.79. The van der Waals surface area contributed by atoms with Crippen LogP contribution in [0.25, 0.3) is 0 Å². The van der Waals surface area contributed by atoms with Gasteiger partial charge in [0.15, 0.2) is 0 Å². The molecule has 2 rings (SSSR count). The van der Waals surface area contributed by atoms with Crippen molar-refractivity contribution < 1.29 is 0 Å². The van der Waals surface area contributed by atoms with Crippen molar-refractivity contribution in [1.82, 2.24) is 4.98 Å². The highest BCUT2D eigenvalue weighted by atomic mass is 14.8. The lowest BCUT2D eigenvalue weighted by atomic mass is 10.1. The van der Waals surface area contributed by atoms with Crippen LogP contribution in [0.2, 0.25) is 0 Å². The van der Waals surface area contributed by atoms with E-state index < -0.39 is 0 Å². The van der Waals surface area contributed by atoms with Crippen LogP contribution < -0.4 is 5.73 Å². The first kappa shape index (κ1) is 7.74. The summed E-state index contributed by atoms with van der Waals surface area (Å²) in [5.41, 5.74) is 9.46. The zero-order chi connectivity index (χ0) is 8.77. The fraction of sp³-hybridized carbons (Fsp3) is 0.500. The zero-order valence-electron chi connectivity index (χ0n) is 7.59. The average Bonchev–Trinajstić information content (AvgIpc) is 2.67. The number of rotatable bonds is 1. The molecule has 1 aromatic heterocycles. The lowest BCUT2D eigenvalue weighted by molar-refractivity contribution is 0.734. The number of aromatic nitrogens is 1. The minimum atomic E-state index is -0.0154. The van der Waals surface area contributed by atoms with Gasteiger partial charge in [-0.3, -0.25) is 4.98 Å². The van der Waals surface area contributed by atoms with Gasteiger partial charge in [-0.25, -0.2) is 0 Å². The Labute approximate surface area is 72.8 Å². The molecule has 1 heterocycles. The molecule has 0 aromatic carbocycles. The number of hydrogen-bond donors (Lipinski definition) is 1. The van der Waals surface area contributed by atoms with E-state index in [2.05, 4.69) is 17.1 Å². The first-order valence-corrected chi connectivity index (χ1v) is 4.35. The minimum absolute atomic E-state index is 0.0154. The Kier molecular flexibility index (Phi) is 1.48. The molecule has 0 bridgehead atoms. The van der Waals surface area contributed by atoms with E-state index in [0.29, 0.717) is 0 Å². The summed E-state index contributed by atoms with van der Waals surface area (Å²) in [5.74, 6) is 0. The molecule has 1 aliphatic carbocycles. The molecule has 0 radical (unpaired) electrons. The van der Waals surface area contributed by atoms with Crippen molar-refractivity contribution in [3.63, 3.8) is 0 Å². The predicted molar refractivity (Wildman–Crippen MR) is 48.8 cm³/mol. The van der Waals surface area contributed by atoms with Crippen molar-refractivity contribution in [1.29, 1.82) is 0 Å². The maximum atomic E-state index is 6.08. The molecule has 2 heteroatoms. The zero-order valence-corrected chi connectivity index (χ0v) is 7.59. The topological polar surface area (TPSA) is 38.9 Å². The summed E-state index contributed by atoms with van der Waals surface area (Å²) < 4.78 is 0. The monoisotopic (exact) mass is 162 g/mol. The molecule has 1 fully saturated rings. The smallest absolute Gasteiger partial charge is 0.0412 e. The molecule has 64 valence electrons. The van der Waals surface area contributed by atoms with Gasteiger partial charge in [0.2, 0.25) is 0 Å². The van der Waals surface area contributed by atoms with Crippen LogP contribution in [-0.4, -0.2) is 4.98 Å². The molecular formula is C10H14N2. The van der Waals surface area contributed by atoms with Gasteiger partial charge in [0, 0.05) is 16.9 Å². The summed E-state index contributed by atoms with van der Waals surface area (Å²) in [5, 5.41) is 0. The van der Waals surface area contributed by atoms with Gasteiger partial charge in [-0.05, 0) is 44.4 Å². The SMILES string of the molecule is Cc1cc(C2(N)CC2)cc(C)n1. The van der Waals surface area contributed by atoms with Gasteiger partial charge in [0.1, 0.15) is 0 Å². The lowest BCUT2D eigenvalue weighted by Gasteiger charge is -2.10. The largest absolute Gasteiger partial charge is 0.321 e. The highest BCUT2D eigenvalue weighted by Crippen LogP contribution is 2.42. The third kappa shape index (κ3) is 1.23. The summed E-state index contributed by atoms with van der Waals surface area (Å²) in [6, 6.07) is 4.19. The normalized spacial score (nSPS) is 19.2. The van der Waals surface area contributed by atoms with Gasteiger partial charge in [0.25, 0.3) is 0 Å². The van der Waals surface area contributed by atoms with Crippen LogP contribution in [0.5, 0.6) is 0 Å². The van der Waals surface area contributed by atoms with Crippen molar-refractivity contribution in [2.45, 2.75) is 32.2 Å². The minimum Gasteiger partial charge on any atom is -0.321 e. The van der Waals surface area contributed by atoms with Gasteiger partial charge >= 0.3 is 0 Å². The number of pyridine rings is 1. The maximum absolute atomic E-state index is 6.08. The van der Waals surface area contributed by atoms with Crippen LogP contribution in [0.4, 0.5) is 0 Å². The van der Waals surface area contributed by atoms with Crippen molar-refractivity contribution in [3.05, 3.63) is 29.1 Å². The molecule has 2 N–H and O–H groups in total. The fourth-order valence-electron chi connectivity index (χ4n) is 1.55. The van der Waals surface area contributed by atoms with Gasteiger partial charge in [0.05, 0.1) is 0 Å². The van der Waals surface area contributed by atoms with Crippen molar-refractivity contribution in [2.24, 2.45) is 5.73 Å². The third-order valence-electron chi connectivity index (χ3n) is 2.45. The standard InChI is InChI=1S/C10H14N2/c1-7-5-9(6-8(2)12-7)10(11)3-4-10/h5-6H,3-4,11H2,1-2H3. The summed E-state index contributed by atoms with van der Waals surface area (Å²) in [4.78, 5) is 4.32. The first-order valence-electron chi connectivity index (χ1n) is 4.35. The van der Waals surface area contributed by atoms with E-state index in [1.807, 2.05) is 13.8 Å². The molecule has 12 heavy (non-hydrogen) atoms. The molecule has 2 nitrogen and oxygen atoms in total. The second-order valence-electron chi connectivity index (χ2n) is 3.79. The number of aryl methyl sites for hydroxylation is 2. The molecule has 1 aromatic rings. The molecular weight excluding hydrogens is 148 g/mol. The summed E-state index contributed by atoms with van der Waals surface area (Å²) >= 11 is 0. The van der Waals surface area contributed by atoms with E-state index in [1.54, 1.807) is 0 Å². The maximum Gasteiger partial charge on any atom is 0.0412 e. The second kappa shape index (κ2) is 2.30. The van der Waals surface area contributed by atoms with E-state index >= 15 is 0 Å². The van der Waals surface area contributed by atoms with Crippen molar-refractivity contribution in [2.75, 3.05) is 0 Å². The average molecular weight is 162 g/mol. The quantitative estimate of drug-likeness (QED) is 0.682. The van der Waals surface area contributed by atoms with Crippen LogP contribution >= 0.6 is 0 Å². The van der Waals surface area contributed by atoms with E-state index in [-0.39, 0.29) is 5.54 Å². The Morgan fingerprint density at radius 3 is 2.17 bits per heavy atom. The molecule has 0 spiro atoms. The molecule has 0 saturated heterocycles. The fourth-order valence-corrected chi connectivity index (χ4v) is 1.55. The highest BCUT2D eigenvalue weighted by Gasteiger charge is 2.40. The van der Waals surface area contributed by atoms with Crippen LogP contribution in [0.15, 0.2) is 12.1 Å². The van der Waals surface area contributed by atoms with E-state index in [4.69, 9.17) is 5.73 Å². The highest BCUT2D eigenvalue weighted by molar-refractivity contribution is 5.31. The Hall–Kier alpha value is -0.890. The predicted octanol–water partition coefficient (Wildman–Crippen LogP) is 1.65. The molecule has 0 amide bonds. The van der Waals surface area contributed by atoms with Crippen LogP contribution in [0.1, 0.15) is 29.8 Å². The van der Waals surface area contributed by atoms with Crippen molar-refractivity contribution >= 4 is 0 Å². The van der Waals surface area contributed by atoms with Gasteiger partial charge in [-0.2, -0.15) is 0 Å². The van der Waals surface area contributed by atoms with E-state index in [0.717, 1.165) is 24.2 Å². The van der Waals surface area contributed by atoms with Gasteiger partial charge in [-0.15, -0.1) is 0 Å². The number of nitrogens with two attached hydrogens (primary N) is 1.